The SMILES string of the molecule is CC/C=C\C=C/C(C)C(C)c1ccc(CC(C)(C)C)cc1. The van der Waals surface area contributed by atoms with Crippen molar-refractivity contribution in [2.75, 3.05) is 0 Å². The Balaban J connectivity index is 2.68. The summed E-state index contributed by atoms with van der Waals surface area (Å²) in [6, 6.07) is 9.20. The van der Waals surface area contributed by atoms with E-state index in [1.54, 1.807) is 0 Å². The minimum Gasteiger partial charge on any atom is -0.0848 e. The van der Waals surface area contributed by atoms with E-state index < -0.39 is 0 Å². The van der Waals surface area contributed by atoms with Crippen LogP contribution in [0.15, 0.2) is 48.6 Å². The van der Waals surface area contributed by atoms with Crippen LogP contribution in [0.25, 0.3) is 0 Å². The molecule has 21 heavy (non-hydrogen) atoms. The van der Waals surface area contributed by atoms with Crippen LogP contribution in [0.3, 0.4) is 0 Å². The van der Waals surface area contributed by atoms with Crippen molar-refractivity contribution in [3.05, 3.63) is 59.7 Å². The van der Waals surface area contributed by atoms with Crippen molar-refractivity contribution in [2.24, 2.45) is 11.3 Å². The van der Waals surface area contributed by atoms with Gasteiger partial charge in [-0.1, -0.05) is 90.1 Å². The van der Waals surface area contributed by atoms with Gasteiger partial charge in [0, 0.05) is 0 Å². The molecule has 0 aliphatic carbocycles. The molecule has 0 spiro atoms. The van der Waals surface area contributed by atoms with Gasteiger partial charge in [-0.05, 0) is 41.2 Å². The van der Waals surface area contributed by atoms with Gasteiger partial charge in [-0.15, -0.1) is 0 Å². The maximum absolute atomic E-state index is 2.32. The van der Waals surface area contributed by atoms with Crippen LogP contribution in [0, 0.1) is 11.3 Å². The van der Waals surface area contributed by atoms with Crippen molar-refractivity contribution < 1.29 is 0 Å². The first-order chi connectivity index (χ1) is 9.83. The summed E-state index contributed by atoms with van der Waals surface area (Å²) in [5.41, 5.74) is 3.23. The Morgan fingerprint density at radius 1 is 1.00 bits per heavy atom. The topological polar surface area (TPSA) is 0 Å². The largest absolute Gasteiger partial charge is 0.0848 e. The summed E-state index contributed by atoms with van der Waals surface area (Å²) < 4.78 is 0. The van der Waals surface area contributed by atoms with Crippen molar-refractivity contribution in [3.8, 4) is 0 Å². The summed E-state index contributed by atoms with van der Waals surface area (Å²) in [6.07, 6.45) is 11.1. The van der Waals surface area contributed by atoms with E-state index in [1.165, 1.54) is 11.1 Å². The number of hydrogen-bond acceptors (Lipinski definition) is 0. The molecule has 0 bridgehead atoms. The molecular weight excluding hydrogens is 252 g/mol. The second kappa shape index (κ2) is 8.22. The molecule has 116 valence electrons. The summed E-state index contributed by atoms with van der Waals surface area (Å²) >= 11 is 0. The zero-order valence-corrected chi connectivity index (χ0v) is 14.7. The quantitative estimate of drug-likeness (QED) is 0.520. The highest BCUT2D eigenvalue weighted by Gasteiger charge is 2.14. The van der Waals surface area contributed by atoms with Gasteiger partial charge in [-0.25, -0.2) is 0 Å². The average Bonchev–Trinajstić information content (AvgIpc) is 2.41. The molecule has 0 aliphatic heterocycles. The number of rotatable bonds is 6. The van der Waals surface area contributed by atoms with Gasteiger partial charge in [-0.3, -0.25) is 0 Å². The summed E-state index contributed by atoms with van der Waals surface area (Å²) in [4.78, 5) is 0. The lowest BCUT2D eigenvalue weighted by atomic mass is 9.85. The Bertz CT molecular complexity index is 454. The van der Waals surface area contributed by atoms with Gasteiger partial charge < -0.3 is 0 Å². The molecule has 1 aromatic rings. The Labute approximate surface area is 132 Å². The van der Waals surface area contributed by atoms with Crippen molar-refractivity contribution in [2.45, 2.75) is 60.3 Å². The number of allylic oxidation sites excluding steroid dienone is 4. The van der Waals surface area contributed by atoms with Crippen LogP contribution in [0.2, 0.25) is 0 Å². The van der Waals surface area contributed by atoms with Crippen molar-refractivity contribution >= 4 is 0 Å². The minimum absolute atomic E-state index is 0.356. The second-order valence-corrected chi connectivity index (χ2v) is 7.35. The fourth-order valence-corrected chi connectivity index (χ4v) is 2.48. The van der Waals surface area contributed by atoms with Gasteiger partial charge in [0.1, 0.15) is 0 Å². The lowest BCUT2D eigenvalue weighted by Gasteiger charge is -2.20. The standard InChI is InChI=1S/C21H32/c1-7-8-9-10-11-17(2)18(3)20-14-12-19(13-15-20)16-21(4,5)6/h8-15,17-18H,7,16H2,1-6H3/b9-8-,11-10-. The van der Waals surface area contributed by atoms with Crippen molar-refractivity contribution in [1.82, 2.24) is 0 Å². The molecule has 1 rings (SSSR count). The predicted molar refractivity (Wildman–Crippen MR) is 95.8 cm³/mol. The third-order valence-corrected chi connectivity index (χ3v) is 3.93. The maximum atomic E-state index is 2.32. The van der Waals surface area contributed by atoms with Crippen LogP contribution in [-0.4, -0.2) is 0 Å². The highest BCUT2D eigenvalue weighted by atomic mass is 14.2. The first kappa shape index (κ1) is 17.8. The molecule has 0 aliphatic rings. The lowest BCUT2D eigenvalue weighted by molar-refractivity contribution is 0.411. The minimum atomic E-state index is 0.356. The molecule has 0 radical (unpaired) electrons. The Hall–Kier alpha value is -1.30. The third kappa shape index (κ3) is 6.80. The number of hydrogen-bond donors (Lipinski definition) is 0. The predicted octanol–water partition coefficient (Wildman–Crippen LogP) is 6.54. The van der Waals surface area contributed by atoms with E-state index in [0.29, 0.717) is 17.3 Å². The maximum Gasteiger partial charge on any atom is -0.0130 e. The molecule has 0 saturated carbocycles. The van der Waals surface area contributed by atoms with E-state index in [1.807, 2.05) is 0 Å². The van der Waals surface area contributed by atoms with Crippen LogP contribution in [0.1, 0.15) is 65.0 Å². The van der Waals surface area contributed by atoms with E-state index >= 15 is 0 Å². The summed E-state index contributed by atoms with van der Waals surface area (Å²) in [5.74, 6) is 1.11. The molecule has 0 saturated heterocycles. The van der Waals surface area contributed by atoms with Gasteiger partial charge >= 0.3 is 0 Å². The van der Waals surface area contributed by atoms with Crippen LogP contribution >= 0.6 is 0 Å². The van der Waals surface area contributed by atoms with Gasteiger partial charge in [0.05, 0.1) is 0 Å². The smallest absolute Gasteiger partial charge is 0.0130 e. The second-order valence-electron chi connectivity index (χ2n) is 7.35. The number of benzene rings is 1. The molecular formula is C21H32. The first-order valence-electron chi connectivity index (χ1n) is 8.25. The lowest BCUT2D eigenvalue weighted by Crippen LogP contribution is -2.09. The molecule has 2 unspecified atom stereocenters. The van der Waals surface area contributed by atoms with E-state index in [4.69, 9.17) is 0 Å². The normalized spacial score (nSPS) is 15.7. The van der Waals surface area contributed by atoms with Gasteiger partial charge in [0.2, 0.25) is 0 Å². The molecule has 0 heterocycles. The Morgan fingerprint density at radius 3 is 2.14 bits per heavy atom. The molecule has 0 N–H and O–H groups in total. The summed E-state index contributed by atoms with van der Waals surface area (Å²) in [6.45, 7) is 13.7. The summed E-state index contributed by atoms with van der Waals surface area (Å²) in [5, 5.41) is 0. The van der Waals surface area contributed by atoms with Gasteiger partial charge in [0.15, 0.2) is 0 Å². The molecule has 1 aromatic carbocycles. The third-order valence-electron chi connectivity index (χ3n) is 3.93. The highest BCUT2D eigenvalue weighted by molar-refractivity contribution is 5.27. The first-order valence-corrected chi connectivity index (χ1v) is 8.25. The highest BCUT2D eigenvalue weighted by Crippen LogP contribution is 2.27. The fourth-order valence-electron chi connectivity index (χ4n) is 2.48. The Morgan fingerprint density at radius 2 is 1.62 bits per heavy atom. The van der Waals surface area contributed by atoms with Gasteiger partial charge in [0.25, 0.3) is 0 Å². The van der Waals surface area contributed by atoms with Crippen LogP contribution in [-0.2, 0) is 6.42 Å². The van der Waals surface area contributed by atoms with Crippen molar-refractivity contribution in [1.29, 1.82) is 0 Å². The van der Waals surface area contributed by atoms with Crippen LogP contribution in [0.4, 0.5) is 0 Å². The van der Waals surface area contributed by atoms with E-state index in [2.05, 4.69) is 90.1 Å². The molecule has 2 atom stereocenters. The molecule has 0 aromatic heterocycles. The fraction of sp³-hybridized carbons (Fsp3) is 0.524. The zero-order chi connectivity index (χ0) is 15.9. The van der Waals surface area contributed by atoms with Crippen molar-refractivity contribution in [3.63, 3.8) is 0 Å². The van der Waals surface area contributed by atoms with Gasteiger partial charge in [-0.2, -0.15) is 0 Å². The van der Waals surface area contributed by atoms with Crippen LogP contribution < -0.4 is 0 Å². The van der Waals surface area contributed by atoms with E-state index in [-0.39, 0.29) is 0 Å². The molecule has 0 fully saturated rings. The zero-order valence-electron chi connectivity index (χ0n) is 14.7. The monoisotopic (exact) mass is 284 g/mol. The van der Waals surface area contributed by atoms with Crippen LogP contribution in [0.5, 0.6) is 0 Å². The van der Waals surface area contributed by atoms with E-state index in [9.17, 15) is 0 Å². The average molecular weight is 284 g/mol. The molecule has 0 heteroatoms. The molecule has 0 amide bonds. The molecule has 0 nitrogen and oxygen atoms in total. The summed E-state index contributed by atoms with van der Waals surface area (Å²) in [7, 11) is 0. The Kier molecular flexibility index (Phi) is 6.95. The van der Waals surface area contributed by atoms with E-state index in [0.717, 1.165) is 12.8 Å².